The molecular weight excluding hydrogens is 336 g/mol. The summed E-state index contributed by atoms with van der Waals surface area (Å²) < 4.78 is 10.6. The molecule has 0 saturated carbocycles. The molecule has 2 heterocycles. The number of hydrogen-bond donors (Lipinski definition) is 2. The van der Waals surface area contributed by atoms with Crippen molar-refractivity contribution in [1.82, 2.24) is 5.32 Å². The molecule has 2 atom stereocenters. The Labute approximate surface area is 153 Å². The van der Waals surface area contributed by atoms with Crippen LogP contribution >= 0.6 is 0 Å². The molecule has 1 amide bonds. The Morgan fingerprint density at radius 2 is 2.15 bits per heavy atom. The lowest BCUT2D eigenvalue weighted by Crippen LogP contribution is -2.42. The zero-order chi connectivity index (χ0) is 18.9. The van der Waals surface area contributed by atoms with E-state index in [0.717, 1.165) is 23.2 Å². The van der Waals surface area contributed by atoms with Gasteiger partial charge in [0.15, 0.2) is 0 Å². The van der Waals surface area contributed by atoms with Gasteiger partial charge in [-0.1, -0.05) is 6.07 Å². The number of anilines is 1. The normalized spacial score (nSPS) is 23.2. The monoisotopic (exact) mass is 362 g/mol. The van der Waals surface area contributed by atoms with Gasteiger partial charge in [0.2, 0.25) is 0 Å². The fourth-order valence-corrected chi connectivity index (χ4v) is 3.25. The number of nitrogens with one attached hydrogen (secondary N) is 1. The Kier molecular flexibility index (Phi) is 5.20. The van der Waals surface area contributed by atoms with Crippen molar-refractivity contribution in [2.24, 2.45) is 0 Å². The van der Waals surface area contributed by atoms with Crippen LogP contribution < -0.4 is 10.2 Å². The third-order valence-corrected chi connectivity index (χ3v) is 4.48. The molecule has 3 rings (SSSR count). The summed E-state index contributed by atoms with van der Waals surface area (Å²) in [6.45, 7) is 6.38. The highest BCUT2D eigenvalue weighted by atomic mass is 16.6. The number of rotatable bonds is 3. The van der Waals surface area contributed by atoms with Crippen LogP contribution in [0.15, 0.2) is 18.2 Å². The fourth-order valence-electron chi connectivity index (χ4n) is 3.25. The summed E-state index contributed by atoms with van der Waals surface area (Å²) >= 11 is 0. The number of cyclic esters (lactones) is 1. The van der Waals surface area contributed by atoms with Crippen molar-refractivity contribution in [2.45, 2.75) is 51.4 Å². The van der Waals surface area contributed by atoms with Gasteiger partial charge in [0.1, 0.15) is 17.7 Å². The van der Waals surface area contributed by atoms with Crippen LogP contribution in [0, 0.1) is 0 Å². The van der Waals surface area contributed by atoms with E-state index in [1.165, 1.54) is 4.90 Å². The molecule has 2 N–H and O–H groups in total. The highest BCUT2D eigenvalue weighted by molar-refractivity contribution is 5.90. The molecule has 2 aliphatic heterocycles. The summed E-state index contributed by atoms with van der Waals surface area (Å²) in [7, 11) is 0. The summed E-state index contributed by atoms with van der Waals surface area (Å²) in [5.41, 5.74) is 2.40. The standard InChI is InChI=1S/C19H26N2O5/c1-19(2,3)26-17(23)16-9-12-4-5-14(8-13(12)6-7-20-16)21-10-15(11-22)25-18(21)24/h4-5,8,15-16,20,22H,6-7,9-11H2,1-3H3. The van der Waals surface area contributed by atoms with Crippen molar-refractivity contribution in [3.05, 3.63) is 29.3 Å². The smallest absolute Gasteiger partial charge is 0.414 e. The molecule has 26 heavy (non-hydrogen) atoms. The molecule has 142 valence electrons. The van der Waals surface area contributed by atoms with Gasteiger partial charge in [-0.3, -0.25) is 9.69 Å². The number of carbonyl (C=O) groups excluding carboxylic acids is 2. The number of aliphatic hydroxyl groups excluding tert-OH is 1. The number of aliphatic hydroxyl groups is 1. The van der Waals surface area contributed by atoms with Crippen LogP contribution in [-0.4, -0.2) is 54.6 Å². The average Bonchev–Trinajstić information content (AvgIpc) is 2.81. The molecule has 0 aromatic heterocycles. The molecular formula is C19H26N2O5. The summed E-state index contributed by atoms with van der Waals surface area (Å²) in [6.07, 6.45) is 0.380. The van der Waals surface area contributed by atoms with Crippen molar-refractivity contribution in [3.63, 3.8) is 0 Å². The quantitative estimate of drug-likeness (QED) is 0.791. The number of hydrogen-bond acceptors (Lipinski definition) is 6. The highest BCUT2D eigenvalue weighted by Crippen LogP contribution is 2.26. The van der Waals surface area contributed by atoms with Crippen molar-refractivity contribution in [2.75, 3.05) is 24.6 Å². The molecule has 0 bridgehead atoms. The summed E-state index contributed by atoms with van der Waals surface area (Å²) in [5.74, 6) is -0.247. The van der Waals surface area contributed by atoms with Gasteiger partial charge in [0.05, 0.1) is 13.2 Å². The minimum absolute atomic E-state index is 0.186. The number of ether oxygens (including phenoxy) is 2. The second kappa shape index (κ2) is 7.25. The zero-order valence-electron chi connectivity index (χ0n) is 15.4. The van der Waals surface area contributed by atoms with E-state index in [9.17, 15) is 14.7 Å². The van der Waals surface area contributed by atoms with Crippen LogP contribution in [0.2, 0.25) is 0 Å². The van der Waals surface area contributed by atoms with Crippen LogP contribution in [0.1, 0.15) is 31.9 Å². The molecule has 7 heteroatoms. The lowest BCUT2D eigenvalue weighted by molar-refractivity contribution is -0.157. The van der Waals surface area contributed by atoms with Crippen molar-refractivity contribution in [1.29, 1.82) is 0 Å². The van der Waals surface area contributed by atoms with Gasteiger partial charge in [-0.15, -0.1) is 0 Å². The van der Waals surface area contributed by atoms with E-state index in [2.05, 4.69) is 5.32 Å². The maximum atomic E-state index is 12.4. The first kappa shape index (κ1) is 18.7. The van der Waals surface area contributed by atoms with E-state index < -0.39 is 17.8 Å². The topological polar surface area (TPSA) is 88.1 Å². The van der Waals surface area contributed by atoms with E-state index in [0.29, 0.717) is 19.5 Å². The van der Waals surface area contributed by atoms with E-state index >= 15 is 0 Å². The van der Waals surface area contributed by atoms with E-state index in [-0.39, 0.29) is 18.6 Å². The van der Waals surface area contributed by atoms with Gasteiger partial charge in [0, 0.05) is 5.69 Å². The second-order valence-corrected chi connectivity index (χ2v) is 7.75. The third-order valence-electron chi connectivity index (χ3n) is 4.48. The minimum Gasteiger partial charge on any atom is -0.459 e. The first-order valence-electron chi connectivity index (χ1n) is 8.94. The molecule has 7 nitrogen and oxygen atoms in total. The maximum absolute atomic E-state index is 12.4. The first-order valence-corrected chi connectivity index (χ1v) is 8.94. The Morgan fingerprint density at radius 1 is 1.38 bits per heavy atom. The lowest BCUT2D eigenvalue weighted by Gasteiger charge is -2.24. The zero-order valence-corrected chi connectivity index (χ0v) is 15.4. The number of fused-ring (bicyclic) bond motifs is 1. The summed E-state index contributed by atoms with van der Waals surface area (Å²) in [6, 6.07) is 5.40. The lowest BCUT2D eigenvalue weighted by atomic mass is 9.99. The van der Waals surface area contributed by atoms with Crippen molar-refractivity contribution >= 4 is 17.7 Å². The predicted octanol–water partition coefficient (Wildman–Crippen LogP) is 1.40. The summed E-state index contributed by atoms with van der Waals surface area (Å²) in [4.78, 5) is 25.9. The Balaban J connectivity index is 1.76. The molecule has 1 saturated heterocycles. The molecule has 0 radical (unpaired) electrons. The van der Waals surface area contributed by atoms with Crippen molar-refractivity contribution in [3.8, 4) is 0 Å². The number of benzene rings is 1. The van der Waals surface area contributed by atoms with E-state index in [4.69, 9.17) is 9.47 Å². The summed E-state index contributed by atoms with van der Waals surface area (Å²) in [5, 5.41) is 12.4. The van der Waals surface area contributed by atoms with Crippen molar-refractivity contribution < 1.29 is 24.2 Å². The third kappa shape index (κ3) is 4.16. The molecule has 1 aromatic rings. The average molecular weight is 362 g/mol. The molecule has 1 fully saturated rings. The predicted molar refractivity (Wildman–Crippen MR) is 96.2 cm³/mol. The number of nitrogens with zero attached hydrogens (tertiary/aromatic N) is 1. The van der Waals surface area contributed by atoms with Crippen LogP contribution in [0.25, 0.3) is 0 Å². The fraction of sp³-hybridized carbons (Fsp3) is 0.579. The Bertz CT molecular complexity index is 698. The molecule has 1 aromatic carbocycles. The Morgan fingerprint density at radius 3 is 2.81 bits per heavy atom. The molecule has 0 spiro atoms. The van der Waals surface area contributed by atoms with Crippen LogP contribution in [0.3, 0.4) is 0 Å². The van der Waals surface area contributed by atoms with Crippen LogP contribution in [0.4, 0.5) is 10.5 Å². The molecule has 0 aliphatic carbocycles. The highest BCUT2D eigenvalue weighted by Gasteiger charge is 2.33. The molecule has 2 aliphatic rings. The van der Waals surface area contributed by atoms with Gasteiger partial charge < -0.3 is 19.9 Å². The SMILES string of the molecule is CC(C)(C)OC(=O)C1Cc2ccc(N3CC(CO)OC3=O)cc2CCN1. The van der Waals surface area contributed by atoms with Crippen LogP contribution in [0.5, 0.6) is 0 Å². The number of amides is 1. The van der Waals surface area contributed by atoms with Crippen LogP contribution in [-0.2, 0) is 27.1 Å². The van der Waals surface area contributed by atoms with Gasteiger partial charge in [-0.05, 0) is 63.4 Å². The van der Waals surface area contributed by atoms with Gasteiger partial charge in [0.25, 0.3) is 0 Å². The molecule has 2 unspecified atom stereocenters. The largest absolute Gasteiger partial charge is 0.459 e. The van der Waals surface area contributed by atoms with E-state index in [1.54, 1.807) is 0 Å². The van der Waals surface area contributed by atoms with E-state index in [1.807, 2.05) is 39.0 Å². The minimum atomic E-state index is -0.517. The maximum Gasteiger partial charge on any atom is 0.414 e. The number of esters is 1. The van der Waals surface area contributed by atoms with Gasteiger partial charge in [-0.2, -0.15) is 0 Å². The first-order chi connectivity index (χ1) is 12.3. The van der Waals surface area contributed by atoms with Gasteiger partial charge >= 0.3 is 12.1 Å². The second-order valence-electron chi connectivity index (χ2n) is 7.75. The number of carbonyl (C=O) groups is 2. The Hall–Kier alpha value is -2.12. The van der Waals surface area contributed by atoms with Gasteiger partial charge in [-0.25, -0.2) is 4.79 Å².